The molecule has 0 N–H and O–H groups in total. The molecule has 2 aromatic rings. The van der Waals surface area contributed by atoms with Crippen molar-refractivity contribution >= 4 is 23.4 Å². The highest BCUT2D eigenvalue weighted by atomic mass is 16.6. The predicted molar refractivity (Wildman–Crippen MR) is 89.0 cm³/mol. The third-order valence-corrected chi connectivity index (χ3v) is 3.89. The van der Waals surface area contributed by atoms with Gasteiger partial charge in [0.2, 0.25) is 0 Å². The van der Waals surface area contributed by atoms with Gasteiger partial charge in [0.15, 0.2) is 0 Å². The Kier molecular flexibility index (Phi) is 4.02. The molecule has 1 heterocycles. The highest BCUT2D eigenvalue weighted by Gasteiger charge is 2.24. The lowest BCUT2D eigenvalue weighted by Gasteiger charge is -2.19. The van der Waals surface area contributed by atoms with Gasteiger partial charge in [-0.25, -0.2) is 4.79 Å². The predicted octanol–water partition coefficient (Wildman–Crippen LogP) is 3.23. The first kappa shape index (κ1) is 15.1. The largest absolute Gasteiger partial charge is 0.447 e. The van der Waals surface area contributed by atoms with Crippen LogP contribution in [-0.4, -0.2) is 32.2 Å². The molecule has 0 bridgehead atoms. The van der Waals surface area contributed by atoms with Gasteiger partial charge in [-0.2, -0.15) is 0 Å². The lowest BCUT2D eigenvalue weighted by molar-refractivity contribution is 0.0993. The Hall–Kier alpha value is -2.82. The quantitative estimate of drug-likeness (QED) is 0.874. The monoisotopic (exact) mass is 310 g/mol. The van der Waals surface area contributed by atoms with E-state index in [1.54, 1.807) is 36.2 Å². The molecule has 0 unspecified atom stereocenters. The molecular weight excluding hydrogens is 292 g/mol. The standard InChI is InChI=1S/C18H18N2O3/c1-13-6-8-15(9-7-13)19(2)17(21)14-4-3-5-16(12-14)20-10-11-23-18(20)22/h3-9,12H,10-11H2,1-2H3. The fourth-order valence-electron chi connectivity index (χ4n) is 2.51. The van der Waals surface area contributed by atoms with Gasteiger partial charge in [0.1, 0.15) is 6.61 Å². The topological polar surface area (TPSA) is 49.9 Å². The SMILES string of the molecule is Cc1ccc(N(C)C(=O)c2cccc(N3CCOC3=O)c2)cc1. The Balaban J connectivity index is 1.84. The average molecular weight is 310 g/mol. The first-order valence-corrected chi connectivity index (χ1v) is 7.45. The molecule has 3 rings (SSSR count). The van der Waals surface area contributed by atoms with Crippen LogP contribution in [0.25, 0.3) is 0 Å². The maximum Gasteiger partial charge on any atom is 0.414 e. The first-order chi connectivity index (χ1) is 11.1. The minimum absolute atomic E-state index is 0.122. The van der Waals surface area contributed by atoms with Crippen molar-refractivity contribution in [2.45, 2.75) is 6.92 Å². The van der Waals surface area contributed by atoms with Crippen molar-refractivity contribution in [3.8, 4) is 0 Å². The van der Waals surface area contributed by atoms with Gasteiger partial charge in [-0.15, -0.1) is 0 Å². The van der Waals surface area contributed by atoms with Crippen molar-refractivity contribution < 1.29 is 14.3 Å². The summed E-state index contributed by atoms with van der Waals surface area (Å²) < 4.78 is 4.94. The number of carbonyl (C=O) groups is 2. The van der Waals surface area contributed by atoms with Gasteiger partial charge in [-0.05, 0) is 37.3 Å². The lowest BCUT2D eigenvalue weighted by atomic mass is 10.1. The average Bonchev–Trinajstić information content (AvgIpc) is 3.00. The minimum Gasteiger partial charge on any atom is -0.447 e. The van der Waals surface area contributed by atoms with E-state index in [0.717, 1.165) is 11.3 Å². The molecule has 2 amide bonds. The number of ether oxygens (including phenoxy) is 1. The van der Waals surface area contributed by atoms with E-state index in [1.807, 2.05) is 31.2 Å². The number of nitrogens with zero attached hydrogens (tertiary/aromatic N) is 2. The number of rotatable bonds is 3. The molecule has 0 aliphatic carbocycles. The molecule has 0 aromatic heterocycles. The van der Waals surface area contributed by atoms with Gasteiger partial charge in [-0.3, -0.25) is 9.69 Å². The van der Waals surface area contributed by atoms with Gasteiger partial charge < -0.3 is 9.64 Å². The molecule has 0 spiro atoms. The van der Waals surface area contributed by atoms with Crippen molar-refractivity contribution in [2.24, 2.45) is 0 Å². The zero-order valence-electron chi connectivity index (χ0n) is 13.2. The van der Waals surface area contributed by atoms with E-state index >= 15 is 0 Å². The third-order valence-electron chi connectivity index (χ3n) is 3.89. The fraction of sp³-hybridized carbons (Fsp3) is 0.222. The molecule has 0 saturated carbocycles. The number of cyclic esters (lactones) is 1. The second-order valence-corrected chi connectivity index (χ2v) is 5.52. The Morgan fingerprint density at radius 1 is 1.17 bits per heavy atom. The van der Waals surface area contributed by atoms with Crippen LogP contribution < -0.4 is 9.80 Å². The molecular formula is C18H18N2O3. The van der Waals surface area contributed by atoms with Crippen LogP contribution in [0.15, 0.2) is 48.5 Å². The molecule has 1 fully saturated rings. The Bertz CT molecular complexity index is 740. The number of anilines is 2. The van der Waals surface area contributed by atoms with Crippen molar-refractivity contribution in [3.05, 3.63) is 59.7 Å². The number of aryl methyl sites for hydroxylation is 1. The van der Waals surface area contributed by atoms with Gasteiger partial charge in [0.05, 0.1) is 6.54 Å². The van der Waals surface area contributed by atoms with Gasteiger partial charge >= 0.3 is 6.09 Å². The van der Waals surface area contributed by atoms with E-state index in [2.05, 4.69) is 0 Å². The van der Waals surface area contributed by atoms with E-state index in [4.69, 9.17) is 4.74 Å². The summed E-state index contributed by atoms with van der Waals surface area (Å²) in [6, 6.07) is 14.8. The van der Waals surface area contributed by atoms with Crippen LogP contribution in [0.2, 0.25) is 0 Å². The minimum atomic E-state index is -0.374. The van der Waals surface area contributed by atoms with E-state index < -0.39 is 0 Å². The van der Waals surface area contributed by atoms with Crippen LogP contribution in [0, 0.1) is 6.92 Å². The third kappa shape index (κ3) is 3.04. The summed E-state index contributed by atoms with van der Waals surface area (Å²) >= 11 is 0. The van der Waals surface area contributed by atoms with Crippen LogP contribution in [0.1, 0.15) is 15.9 Å². The maximum atomic E-state index is 12.7. The van der Waals surface area contributed by atoms with E-state index in [9.17, 15) is 9.59 Å². The molecule has 118 valence electrons. The zero-order chi connectivity index (χ0) is 16.4. The summed E-state index contributed by atoms with van der Waals surface area (Å²) in [7, 11) is 1.74. The van der Waals surface area contributed by atoms with Crippen LogP contribution >= 0.6 is 0 Å². The van der Waals surface area contributed by atoms with Crippen molar-refractivity contribution in [2.75, 3.05) is 30.0 Å². The van der Waals surface area contributed by atoms with Crippen LogP contribution in [-0.2, 0) is 4.74 Å². The van der Waals surface area contributed by atoms with Gasteiger partial charge in [0, 0.05) is 24.0 Å². The van der Waals surface area contributed by atoms with Crippen molar-refractivity contribution in [1.29, 1.82) is 0 Å². The summed E-state index contributed by atoms with van der Waals surface area (Å²) in [5.74, 6) is -0.122. The normalized spacial score (nSPS) is 13.8. The molecule has 0 atom stereocenters. The van der Waals surface area contributed by atoms with E-state index in [1.165, 1.54) is 4.90 Å². The van der Waals surface area contributed by atoms with E-state index in [-0.39, 0.29) is 12.0 Å². The van der Waals surface area contributed by atoms with Gasteiger partial charge in [-0.1, -0.05) is 23.8 Å². The van der Waals surface area contributed by atoms with E-state index in [0.29, 0.717) is 24.4 Å². The molecule has 1 saturated heterocycles. The second-order valence-electron chi connectivity index (χ2n) is 5.52. The second kappa shape index (κ2) is 6.12. The summed E-state index contributed by atoms with van der Waals surface area (Å²) in [5, 5.41) is 0. The number of hydrogen-bond acceptors (Lipinski definition) is 3. The van der Waals surface area contributed by atoms with Gasteiger partial charge in [0.25, 0.3) is 5.91 Å². The highest BCUT2D eigenvalue weighted by molar-refractivity contribution is 6.06. The number of amides is 2. The summed E-state index contributed by atoms with van der Waals surface area (Å²) in [5.41, 5.74) is 3.18. The van der Waals surface area contributed by atoms with Crippen molar-refractivity contribution in [3.63, 3.8) is 0 Å². The Morgan fingerprint density at radius 2 is 1.91 bits per heavy atom. The summed E-state index contributed by atoms with van der Waals surface area (Å²) in [4.78, 5) is 27.4. The number of benzene rings is 2. The molecule has 5 nitrogen and oxygen atoms in total. The van der Waals surface area contributed by atoms with Crippen LogP contribution in [0.5, 0.6) is 0 Å². The smallest absolute Gasteiger partial charge is 0.414 e. The van der Waals surface area contributed by atoms with Crippen molar-refractivity contribution in [1.82, 2.24) is 0 Å². The fourth-order valence-corrected chi connectivity index (χ4v) is 2.51. The Labute approximate surface area is 135 Å². The molecule has 23 heavy (non-hydrogen) atoms. The lowest BCUT2D eigenvalue weighted by Crippen LogP contribution is -2.27. The number of carbonyl (C=O) groups excluding carboxylic acids is 2. The highest BCUT2D eigenvalue weighted by Crippen LogP contribution is 2.22. The summed E-state index contributed by atoms with van der Waals surface area (Å²) in [6.07, 6.45) is -0.374. The first-order valence-electron chi connectivity index (χ1n) is 7.45. The molecule has 1 aliphatic heterocycles. The summed E-state index contributed by atoms with van der Waals surface area (Å²) in [6.45, 7) is 2.88. The molecule has 1 aliphatic rings. The van der Waals surface area contributed by atoms with Crippen LogP contribution in [0.4, 0.5) is 16.2 Å². The molecule has 5 heteroatoms. The molecule has 0 radical (unpaired) electrons. The Morgan fingerprint density at radius 3 is 2.57 bits per heavy atom. The zero-order valence-corrected chi connectivity index (χ0v) is 13.2. The number of hydrogen-bond donors (Lipinski definition) is 0. The maximum absolute atomic E-state index is 12.7. The van der Waals surface area contributed by atoms with Crippen LogP contribution in [0.3, 0.4) is 0 Å². The molecule has 2 aromatic carbocycles.